The number of hydrogen-bond acceptors (Lipinski definition) is 2. The Bertz CT molecular complexity index is 203. The van der Waals surface area contributed by atoms with Gasteiger partial charge >= 0.3 is 0 Å². The van der Waals surface area contributed by atoms with E-state index in [4.69, 9.17) is 0 Å². The third-order valence-corrected chi connectivity index (χ3v) is 1.87. The van der Waals surface area contributed by atoms with Crippen LogP contribution in [0.15, 0.2) is 21.8 Å². The Labute approximate surface area is 64.8 Å². The summed E-state index contributed by atoms with van der Waals surface area (Å²) < 4.78 is 0. The van der Waals surface area contributed by atoms with E-state index in [1.807, 2.05) is 11.9 Å². The summed E-state index contributed by atoms with van der Waals surface area (Å²) in [4.78, 5) is 5.88. The molecule has 0 aliphatic carbocycles. The van der Waals surface area contributed by atoms with Crippen molar-refractivity contribution in [2.75, 3.05) is 19.0 Å². The molecular formula is C7H10N2S. The van der Waals surface area contributed by atoms with Gasteiger partial charge in [0.05, 0.1) is 12.0 Å². The number of anilines is 1. The molecule has 0 aromatic carbocycles. The zero-order valence-electron chi connectivity index (χ0n) is 6.11. The van der Waals surface area contributed by atoms with E-state index in [1.54, 1.807) is 24.7 Å². The van der Waals surface area contributed by atoms with Gasteiger partial charge in [-0.3, -0.25) is 4.99 Å². The minimum absolute atomic E-state index is 1.19. The van der Waals surface area contributed by atoms with Crippen molar-refractivity contribution in [1.82, 2.24) is 0 Å². The average Bonchev–Trinajstić information content (AvgIpc) is 2.38. The standard InChI is InChI=1S/C7H10N2S/c1-8-6-9(2)7-3-4-10-5-7/h3-6H,1-2H3. The zero-order valence-corrected chi connectivity index (χ0v) is 6.93. The highest BCUT2D eigenvalue weighted by Crippen LogP contribution is 2.14. The van der Waals surface area contributed by atoms with Crippen molar-refractivity contribution in [3.63, 3.8) is 0 Å². The molecule has 10 heavy (non-hydrogen) atoms. The molecule has 0 N–H and O–H groups in total. The van der Waals surface area contributed by atoms with Crippen LogP contribution in [0.25, 0.3) is 0 Å². The van der Waals surface area contributed by atoms with Crippen molar-refractivity contribution >= 4 is 23.4 Å². The van der Waals surface area contributed by atoms with Crippen LogP contribution in [0.3, 0.4) is 0 Å². The fraction of sp³-hybridized carbons (Fsp3) is 0.286. The van der Waals surface area contributed by atoms with Gasteiger partial charge in [0.15, 0.2) is 0 Å². The Hall–Kier alpha value is -0.830. The number of thiophene rings is 1. The molecular weight excluding hydrogens is 144 g/mol. The van der Waals surface area contributed by atoms with Gasteiger partial charge in [-0.15, -0.1) is 0 Å². The van der Waals surface area contributed by atoms with Crippen molar-refractivity contribution < 1.29 is 0 Å². The van der Waals surface area contributed by atoms with Crippen LogP contribution < -0.4 is 4.90 Å². The monoisotopic (exact) mass is 154 g/mol. The summed E-state index contributed by atoms with van der Waals surface area (Å²) >= 11 is 1.69. The largest absolute Gasteiger partial charge is 0.335 e. The normalized spacial score (nSPS) is 10.6. The topological polar surface area (TPSA) is 15.6 Å². The molecule has 2 nitrogen and oxygen atoms in total. The van der Waals surface area contributed by atoms with Crippen LogP contribution in [-0.2, 0) is 0 Å². The van der Waals surface area contributed by atoms with E-state index in [0.717, 1.165) is 0 Å². The maximum atomic E-state index is 3.90. The summed E-state index contributed by atoms with van der Waals surface area (Å²) in [5, 5.41) is 4.14. The first kappa shape index (κ1) is 7.28. The van der Waals surface area contributed by atoms with Gasteiger partial charge in [0, 0.05) is 19.5 Å². The minimum atomic E-state index is 1.19. The van der Waals surface area contributed by atoms with Crippen LogP contribution in [0, 0.1) is 0 Å². The summed E-state index contributed by atoms with van der Waals surface area (Å²) in [5.74, 6) is 0. The van der Waals surface area contributed by atoms with Gasteiger partial charge in [0.25, 0.3) is 0 Å². The zero-order chi connectivity index (χ0) is 7.40. The van der Waals surface area contributed by atoms with Gasteiger partial charge in [-0.1, -0.05) is 0 Å². The Morgan fingerprint density at radius 3 is 3.00 bits per heavy atom. The SMILES string of the molecule is CN=CN(C)c1ccsc1. The Morgan fingerprint density at radius 2 is 2.50 bits per heavy atom. The molecule has 0 fully saturated rings. The molecule has 1 aromatic rings. The highest BCUT2D eigenvalue weighted by molar-refractivity contribution is 7.08. The van der Waals surface area contributed by atoms with Crippen molar-refractivity contribution in [3.05, 3.63) is 16.8 Å². The van der Waals surface area contributed by atoms with Gasteiger partial charge in [-0.25, -0.2) is 0 Å². The molecule has 0 saturated heterocycles. The second-order valence-electron chi connectivity index (χ2n) is 1.97. The first-order chi connectivity index (χ1) is 4.84. The number of rotatable bonds is 2. The lowest BCUT2D eigenvalue weighted by molar-refractivity contribution is 1.28. The quantitative estimate of drug-likeness (QED) is 0.469. The first-order valence-corrected chi connectivity index (χ1v) is 3.96. The summed E-state index contributed by atoms with van der Waals surface area (Å²) in [5.41, 5.74) is 1.19. The van der Waals surface area contributed by atoms with E-state index in [2.05, 4.69) is 21.8 Å². The van der Waals surface area contributed by atoms with E-state index in [-0.39, 0.29) is 0 Å². The molecule has 0 amide bonds. The number of hydrogen-bond donors (Lipinski definition) is 0. The second-order valence-corrected chi connectivity index (χ2v) is 2.75. The minimum Gasteiger partial charge on any atom is -0.335 e. The maximum Gasteiger partial charge on any atom is 0.0888 e. The van der Waals surface area contributed by atoms with E-state index in [0.29, 0.717) is 0 Å². The number of nitrogens with zero attached hydrogens (tertiary/aromatic N) is 2. The molecule has 1 aromatic heterocycles. The molecule has 0 saturated carbocycles. The third kappa shape index (κ3) is 1.57. The van der Waals surface area contributed by atoms with Crippen LogP contribution >= 0.6 is 11.3 Å². The molecule has 3 heteroatoms. The van der Waals surface area contributed by atoms with Crippen LogP contribution in [-0.4, -0.2) is 20.4 Å². The van der Waals surface area contributed by atoms with E-state index < -0.39 is 0 Å². The summed E-state index contributed by atoms with van der Waals surface area (Å²) in [6, 6.07) is 2.06. The predicted molar refractivity (Wildman–Crippen MR) is 47.1 cm³/mol. The van der Waals surface area contributed by atoms with Crippen molar-refractivity contribution in [2.24, 2.45) is 4.99 Å². The van der Waals surface area contributed by atoms with Crippen LogP contribution in [0.4, 0.5) is 5.69 Å². The Kier molecular flexibility index (Phi) is 2.45. The first-order valence-electron chi connectivity index (χ1n) is 3.02. The van der Waals surface area contributed by atoms with Gasteiger partial charge in [0.1, 0.15) is 0 Å². The van der Waals surface area contributed by atoms with Gasteiger partial charge in [-0.05, 0) is 11.4 Å². The second kappa shape index (κ2) is 3.37. The summed E-state index contributed by atoms with van der Waals surface area (Å²) in [7, 11) is 3.75. The van der Waals surface area contributed by atoms with Gasteiger partial charge in [0.2, 0.25) is 0 Å². The molecule has 1 heterocycles. The van der Waals surface area contributed by atoms with Crippen molar-refractivity contribution in [1.29, 1.82) is 0 Å². The third-order valence-electron chi connectivity index (χ3n) is 1.20. The average molecular weight is 154 g/mol. The molecule has 0 bridgehead atoms. The predicted octanol–water partition coefficient (Wildman–Crippen LogP) is 1.84. The van der Waals surface area contributed by atoms with Crippen LogP contribution in [0.2, 0.25) is 0 Å². The lowest BCUT2D eigenvalue weighted by Crippen LogP contribution is -2.12. The summed E-state index contributed by atoms with van der Waals surface area (Å²) in [6.07, 6.45) is 1.79. The number of aliphatic imine (C=N–C) groups is 1. The fourth-order valence-electron chi connectivity index (χ4n) is 0.698. The van der Waals surface area contributed by atoms with Crippen molar-refractivity contribution in [2.45, 2.75) is 0 Å². The van der Waals surface area contributed by atoms with Crippen LogP contribution in [0.1, 0.15) is 0 Å². The van der Waals surface area contributed by atoms with Gasteiger partial charge < -0.3 is 4.90 Å². The molecule has 0 radical (unpaired) electrons. The fourth-order valence-corrected chi connectivity index (χ4v) is 1.38. The molecule has 0 unspecified atom stereocenters. The molecule has 54 valence electrons. The molecule has 0 atom stereocenters. The molecule has 1 rings (SSSR count). The van der Waals surface area contributed by atoms with Gasteiger partial charge in [-0.2, -0.15) is 11.3 Å². The van der Waals surface area contributed by atoms with Crippen molar-refractivity contribution in [3.8, 4) is 0 Å². The van der Waals surface area contributed by atoms with E-state index >= 15 is 0 Å². The summed E-state index contributed by atoms with van der Waals surface area (Å²) in [6.45, 7) is 0. The molecule has 0 aliphatic heterocycles. The lowest BCUT2D eigenvalue weighted by atomic mass is 10.5. The Balaban J connectivity index is 2.67. The van der Waals surface area contributed by atoms with E-state index in [9.17, 15) is 0 Å². The molecule has 0 spiro atoms. The molecule has 0 aliphatic rings. The Morgan fingerprint density at radius 1 is 1.70 bits per heavy atom. The van der Waals surface area contributed by atoms with E-state index in [1.165, 1.54) is 5.69 Å². The highest BCUT2D eigenvalue weighted by atomic mass is 32.1. The van der Waals surface area contributed by atoms with Crippen LogP contribution in [0.5, 0.6) is 0 Å². The smallest absolute Gasteiger partial charge is 0.0888 e. The lowest BCUT2D eigenvalue weighted by Gasteiger charge is -2.08. The maximum absolute atomic E-state index is 3.90. The highest BCUT2D eigenvalue weighted by Gasteiger charge is 1.94.